The smallest absolute Gasteiger partial charge is 0.236 e. The molecule has 0 amide bonds. The summed E-state index contributed by atoms with van der Waals surface area (Å²) in [6.45, 7) is 5.83. The van der Waals surface area contributed by atoms with Gasteiger partial charge in [-0.25, -0.2) is 8.42 Å². The number of anilines is 1. The molecule has 3 aromatic rings. The number of piperidine rings is 1. The summed E-state index contributed by atoms with van der Waals surface area (Å²) >= 11 is 0. The van der Waals surface area contributed by atoms with Crippen molar-refractivity contribution in [2.75, 3.05) is 18.0 Å². The third-order valence-electron chi connectivity index (χ3n) is 5.79. The highest BCUT2D eigenvalue weighted by Crippen LogP contribution is 2.34. The maximum atomic E-state index is 13.5. The zero-order valence-corrected chi connectivity index (χ0v) is 18.4. The third kappa shape index (κ3) is 4.29. The average Bonchev–Trinajstić information content (AvgIpc) is 3.19. The van der Waals surface area contributed by atoms with Crippen LogP contribution in [0.2, 0.25) is 0 Å². The Bertz CT molecular complexity index is 1080. The lowest BCUT2D eigenvalue weighted by atomic mass is 9.99. The van der Waals surface area contributed by atoms with Gasteiger partial charge in [-0.15, -0.1) is 0 Å². The third-order valence-corrected chi connectivity index (χ3v) is 7.46. The number of sulfone groups is 1. The van der Waals surface area contributed by atoms with E-state index in [1.54, 1.807) is 12.1 Å². The van der Waals surface area contributed by atoms with Crippen LogP contribution in [0.5, 0.6) is 0 Å². The minimum atomic E-state index is -3.78. The zero-order valence-electron chi connectivity index (χ0n) is 17.5. The first kappa shape index (κ1) is 20.7. The predicted molar refractivity (Wildman–Crippen MR) is 118 cm³/mol. The minimum Gasteiger partial charge on any atom is -0.423 e. The lowest BCUT2D eigenvalue weighted by Gasteiger charge is -2.30. The van der Waals surface area contributed by atoms with Crippen molar-refractivity contribution in [3.05, 3.63) is 71.6 Å². The van der Waals surface area contributed by atoms with Gasteiger partial charge in [0.05, 0.1) is 4.90 Å². The van der Waals surface area contributed by atoms with Crippen LogP contribution in [-0.2, 0) is 22.7 Å². The van der Waals surface area contributed by atoms with Crippen molar-refractivity contribution in [3.63, 3.8) is 0 Å². The lowest BCUT2D eigenvalue weighted by molar-refractivity contribution is 0.408. The van der Waals surface area contributed by atoms with Crippen LogP contribution in [0.4, 0.5) is 5.88 Å². The first-order chi connectivity index (χ1) is 14.5. The molecule has 0 aliphatic carbocycles. The number of nitrogens with zero attached hydrogens (tertiary/aromatic N) is 2. The van der Waals surface area contributed by atoms with Crippen LogP contribution in [0.15, 0.2) is 68.9 Å². The van der Waals surface area contributed by atoms with Gasteiger partial charge in [0.2, 0.25) is 26.6 Å². The van der Waals surface area contributed by atoms with E-state index in [2.05, 4.69) is 11.9 Å². The van der Waals surface area contributed by atoms with E-state index in [0.717, 1.165) is 43.5 Å². The molecule has 1 aliphatic heterocycles. The van der Waals surface area contributed by atoms with Gasteiger partial charge >= 0.3 is 0 Å². The van der Waals surface area contributed by atoms with Crippen molar-refractivity contribution >= 4 is 15.7 Å². The minimum absolute atomic E-state index is 0.0345. The Morgan fingerprint density at radius 3 is 2.30 bits per heavy atom. The molecule has 30 heavy (non-hydrogen) atoms. The van der Waals surface area contributed by atoms with E-state index >= 15 is 0 Å². The van der Waals surface area contributed by atoms with E-state index in [1.807, 2.05) is 54.3 Å². The molecule has 2 heterocycles. The molecule has 0 spiro atoms. The highest BCUT2D eigenvalue weighted by Gasteiger charge is 2.32. The maximum Gasteiger partial charge on any atom is 0.236 e. The van der Waals surface area contributed by atoms with E-state index in [0.29, 0.717) is 24.1 Å². The SMILES string of the molecule is CCc1ccc(S(=O)(=O)c2nc(Cc3ccccc3)oc2N2CCC(C)CC2)cc1. The molecule has 0 bridgehead atoms. The second-order valence-electron chi connectivity index (χ2n) is 8.05. The van der Waals surface area contributed by atoms with Gasteiger partial charge in [0.25, 0.3) is 0 Å². The predicted octanol–water partition coefficient (Wildman–Crippen LogP) is 4.90. The van der Waals surface area contributed by atoms with Crippen molar-refractivity contribution in [1.29, 1.82) is 0 Å². The molecule has 1 fully saturated rings. The fraction of sp³-hybridized carbons (Fsp3) is 0.375. The van der Waals surface area contributed by atoms with E-state index in [-0.39, 0.29) is 9.92 Å². The molecule has 0 radical (unpaired) electrons. The Balaban J connectivity index is 1.73. The largest absolute Gasteiger partial charge is 0.423 e. The molecule has 1 saturated heterocycles. The Kier molecular flexibility index (Phi) is 5.95. The van der Waals surface area contributed by atoms with Gasteiger partial charge in [-0.05, 0) is 48.4 Å². The van der Waals surface area contributed by atoms with E-state index in [9.17, 15) is 8.42 Å². The fourth-order valence-corrected chi connectivity index (χ4v) is 5.13. The Hall–Kier alpha value is -2.60. The molecule has 0 atom stereocenters. The number of benzene rings is 2. The van der Waals surface area contributed by atoms with Crippen molar-refractivity contribution in [3.8, 4) is 0 Å². The number of oxazole rings is 1. The Labute approximate surface area is 178 Å². The van der Waals surface area contributed by atoms with Gasteiger partial charge in [-0.2, -0.15) is 4.98 Å². The lowest BCUT2D eigenvalue weighted by Crippen LogP contribution is -2.33. The second kappa shape index (κ2) is 8.64. The molecule has 5 nitrogen and oxygen atoms in total. The van der Waals surface area contributed by atoms with E-state index in [1.165, 1.54) is 0 Å². The summed E-state index contributed by atoms with van der Waals surface area (Å²) in [5, 5.41) is 0.0345. The van der Waals surface area contributed by atoms with Gasteiger partial charge in [0.1, 0.15) is 0 Å². The number of hydrogen-bond acceptors (Lipinski definition) is 5. The molecule has 1 aromatic heterocycles. The Morgan fingerprint density at radius 1 is 1.00 bits per heavy atom. The summed E-state index contributed by atoms with van der Waals surface area (Å²) in [6, 6.07) is 16.9. The fourth-order valence-electron chi connectivity index (χ4n) is 3.79. The van der Waals surface area contributed by atoms with Crippen LogP contribution in [0, 0.1) is 5.92 Å². The molecule has 158 valence electrons. The highest BCUT2D eigenvalue weighted by atomic mass is 32.2. The second-order valence-corrected chi connectivity index (χ2v) is 9.92. The molecular formula is C24H28N2O3S. The molecule has 0 N–H and O–H groups in total. The van der Waals surface area contributed by atoms with E-state index < -0.39 is 9.84 Å². The number of hydrogen-bond donors (Lipinski definition) is 0. The summed E-state index contributed by atoms with van der Waals surface area (Å²) in [4.78, 5) is 6.79. The van der Waals surface area contributed by atoms with Crippen molar-refractivity contribution < 1.29 is 12.8 Å². The molecular weight excluding hydrogens is 396 g/mol. The summed E-state index contributed by atoms with van der Waals surface area (Å²) in [5.41, 5.74) is 2.14. The van der Waals surface area contributed by atoms with Crippen LogP contribution in [0.1, 0.15) is 43.7 Å². The van der Waals surface area contributed by atoms with Crippen LogP contribution < -0.4 is 4.90 Å². The summed E-state index contributed by atoms with van der Waals surface area (Å²) < 4.78 is 33.0. The maximum absolute atomic E-state index is 13.5. The first-order valence-electron chi connectivity index (χ1n) is 10.6. The average molecular weight is 425 g/mol. The topological polar surface area (TPSA) is 63.4 Å². The van der Waals surface area contributed by atoms with E-state index in [4.69, 9.17) is 4.42 Å². The van der Waals surface area contributed by atoms with Crippen molar-refractivity contribution in [1.82, 2.24) is 4.98 Å². The van der Waals surface area contributed by atoms with Crippen molar-refractivity contribution in [2.24, 2.45) is 5.92 Å². The van der Waals surface area contributed by atoms with Gasteiger partial charge in [-0.1, -0.05) is 56.3 Å². The highest BCUT2D eigenvalue weighted by molar-refractivity contribution is 7.91. The summed E-state index contributed by atoms with van der Waals surface area (Å²) in [7, 11) is -3.78. The summed E-state index contributed by atoms with van der Waals surface area (Å²) in [5.74, 6) is 1.44. The molecule has 0 unspecified atom stereocenters. The van der Waals surface area contributed by atoms with Crippen molar-refractivity contribution in [2.45, 2.75) is 49.5 Å². The standard InChI is InChI=1S/C24H28N2O3S/c1-3-19-9-11-21(12-10-19)30(27,28)23-24(26-15-13-18(2)14-16-26)29-22(25-23)17-20-7-5-4-6-8-20/h4-12,18H,3,13-17H2,1-2H3. The van der Waals surface area contributed by atoms with Gasteiger partial charge in [-0.3, -0.25) is 0 Å². The normalized spacial score (nSPS) is 15.5. The van der Waals surface area contributed by atoms with Gasteiger partial charge in [0.15, 0.2) is 0 Å². The quantitative estimate of drug-likeness (QED) is 0.563. The molecule has 2 aromatic carbocycles. The molecule has 4 rings (SSSR count). The zero-order chi connectivity index (χ0) is 21.1. The number of rotatable bonds is 6. The number of aryl methyl sites for hydroxylation is 1. The van der Waals surface area contributed by atoms with Gasteiger partial charge < -0.3 is 9.32 Å². The Morgan fingerprint density at radius 2 is 1.67 bits per heavy atom. The molecule has 0 saturated carbocycles. The van der Waals surface area contributed by atoms with Crippen LogP contribution in [0.25, 0.3) is 0 Å². The van der Waals surface area contributed by atoms with Crippen LogP contribution >= 0.6 is 0 Å². The first-order valence-corrected chi connectivity index (χ1v) is 12.1. The monoisotopic (exact) mass is 424 g/mol. The summed E-state index contributed by atoms with van der Waals surface area (Å²) in [6.07, 6.45) is 3.35. The molecule has 1 aliphatic rings. The van der Waals surface area contributed by atoms with Crippen LogP contribution in [-0.4, -0.2) is 26.5 Å². The van der Waals surface area contributed by atoms with Gasteiger partial charge in [0, 0.05) is 19.5 Å². The molecule has 6 heteroatoms. The number of aromatic nitrogens is 1. The van der Waals surface area contributed by atoms with Crippen LogP contribution in [0.3, 0.4) is 0 Å².